The molecule has 0 saturated heterocycles. The largest absolute Gasteiger partial charge is 0.493 e. The van der Waals surface area contributed by atoms with Crippen LogP contribution in [0, 0.1) is 19.8 Å². The number of nitrogens with zero attached hydrogens (tertiary/aromatic N) is 3. The van der Waals surface area contributed by atoms with Crippen molar-refractivity contribution >= 4 is 39.3 Å². The van der Waals surface area contributed by atoms with Crippen LogP contribution in [0.5, 0.6) is 11.5 Å². The molecule has 9 heteroatoms. The third-order valence-electron chi connectivity index (χ3n) is 5.36. The van der Waals surface area contributed by atoms with Crippen molar-refractivity contribution in [2.45, 2.75) is 52.4 Å². The molecule has 0 spiro atoms. The van der Waals surface area contributed by atoms with Gasteiger partial charge in [0.25, 0.3) is 0 Å². The first-order valence-corrected chi connectivity index (χ1v) is 12.9. The second-order valence-electron chi connectivity index (χ2n) is 8.44. The number of rotatable bonds is 10. The summed E-state index contributed by atoms with van der Waals surface area (Å²) in [6.45, 7) is 10.9. The van der Waals surface area contributed by atoms with Crippen molar-refractivity contribution in [1.29, 1.82) is 0 Å². The highest BCUT2D eigenvalue weighted by molar-refractivity contribution is 9.10. The van der Waals surface area contributed by atoms with E-state index in [1.165, 1.54) is 11.8 Å². The molecular formula is C25H31BrN4O3S. The lowest BCUT2D eigenvalue weighted by Crippen LogP contribution is -2.17. The molecule has 7 nitrogen and oxygen atoms in total. The Morgan fingerprint density at radius 3 is 2.47 bits per heavy atom. The van der Waals surface area contributed by atoms with E-state index < -0.39 is 0 Å². The average Bonchev–Trinajstić information content (AvgIpc) is 3.20. The summed E-state index contributed by atoms with van der Waals surface area (Å²) in [7, 11) is 1.62. The van der Waals surface area contributed by atoms with Crippen LogP contribution in [0.25, 0.3) is 0 Å². The van der Waals surface area contributed by atoms with Crippen molar-refractivity contribution in [3.05, 3.63) is 57.8 Å². The number of aromatic nitrogens is 3. The molecule has 1 N–H and O–H groups in total. The molecule has 0 radical (unpaired) electrons. The number of anilines is 1. The number of hydrogen-bond donors (Lipinski definition) is 1. The molecule has 0 saturated carbocycles. The second kappa shape index (κ2) is 11.8. The lowest BCUT2D eigenvalue weighted by molar-refractivity contribution is -0.113. The van der Waals surface area contributed by atoms with Crippen molar-refractivity contribution in [2.24, 2.45) is 5.92 Å². The molecule has 2 aromatic carbocycles. The molecule has 0 aliphatic rings. The van der Waals surface area contributed by atoms with Gasteiger partial charge in [-0.2, -0.15) is 0 Å². The molecule has 0 fully saturated rings. The monoisotopic (exact) mass is 546 g/mol. The maximum absolute atomic E-state index is 12.7. The fourth-order valence-electron chi connectivity index (χ4n) is 3.44. The third-order valence-corrected chi connectivity index (χ3v) is 7.18. The molecule has 1 amide bonds. The van der Waals surface area contributed by atoms with E-state index in [-0.39, 0.29) is 17.8 Å². The first kappa shape index (κ1) is 26.1. The van der Waals surface area contributed by atoms with Crippen molar-refractivity contribution in [3.63, 3.8) is 0 Å². The fraction of sp³-hybridized carbons (Fsp3) is 0.400. The number of carbonyl (C=O) groups excluding carboxylic acids is 1. The zero-order chi connectivity index (χ0) is 24.8. The first-order chi connectivity index (χ1) is 16.2. The van der Waals surface area contributed by atoms with Gasteiger partial charge < -0.3 is 19.4 Å². The highest BCUT2D eigenvalue weighted by Gasteiger charge is 2.22. The Morgan fingerprint density at radius 1 is 1.09 bits per heavy atom. The van der Waals surface area contributed by atoms with E-state index in [1.807, 2.05) is 61.7 Å². The van der Waals surface area contributed by atoms with Crippen LogP contribution in [0.2, 0.25) is 0 Å². The van der Waals surface area contributed by atoms with Gasteiger partial charge in [-0.15, -0.1) is 10.2 Å². The van der Waals surface area contributed by atoms with Gasteiger partial charge >= 0.3 is 0 Å². The zero-order valence-corrected chi connectivity index (χ0v) is 22.8. The summed E-state index contributed by atoms with van der Waals surface area (Å²) in [6, 6.07) is 11.4. The van der Waals surface area contributed by atoms with Crippen LogP contribution in [0.15, 0.2) is 46.0 Å². The summed E-state index contributed by atoms with van der Waals surface area (Å²) < 4.78 is 14.6. The number of hydrogen-bond acceptors (Lipinski definition) is 6. The number of amides is 1. The van der Waals surface area contributed by atoms with Gasteiger partial charge in [0, 0.05) is 16.7 Å². The Balaban J connectivity index is 1.73. The van der Waals surface area contributed by atoms with E-state index in [4.69, 9.17) is 9.47 Å². The number of para-hydroxylation sites is 2. The molecule has 1 aromatic heterocycles. The smallest absolute Gasteiger partial charge is 0.234 e. The third kappa shape index (κ3) is 6.33. The second-order valence-corrected chi connectivity index (χ2v) is 10.2. The molecule has 34 heavy (non-hydrogen) atoms. The van der Waals surface area contributed by atoms with Crippen molar-refractivity contribution in [3.8, 4) is 11.5 Å². The summed E-state index contributed by atoms with van der Waals surface area (Å²) in [6.07, 6.45) is -0.348. The summed E-state index contributed by atoms with van der Waals surface area (Å²) in [5.41, 5.74) is 2.96. The number of halogens is 1. The van der Waals surface area contributed by atoms with E-state index in [0.717, 1.165) is 27.8 Å². The Kier molecular flexibility index (Phi) is 9.02. The summed E-state index contributed by atoms with van der Waals surface area (Å²) >= 11 is 4.90. The standard InChI is InChI=1S/C25H31BrN4O3S/c1-15(2)13-30-24(18(5)33-22-10-8-7-9-21(22)32-6)28-29-25(30)34-14-23(31)27-20-12-11-19(26)16(3)17(20)4/h7-12,15,18H,13-14H2,1-6H3,(H,27,31). The van der Waals surface area contributed by atoms with Gasteiger partial charge in [-0.3, -0.25) is 4.79 Å². The maximum Gasteiger partial charge on any atom is 0.234 e. The number of methoxy groups -OCH3 is 1. The lowest BCUT2D eigenvalue weighted by Gasteiger charge is -2.19. The van der Waals surface area contributed by atoms with Crippen molar-refractivity contribution < 1.29 is 14.3 Å². The van der Waals surface area contributed by atoms with Crippen LogP contribution >= 0.6 is 27.7 Å². The Bertz CT molecular complexity index is 1150. The van der Waals surface area contributed by atoms with Gasteiger partial charge in [-0.1, -0.05) is 53.7 Å². The number of carbonyl (C=O) groups is 1. The van der Waals surface area contributed by atoms with Gasteiger partial charge in [0.05, 0.1) is 12.9 Å². The Hall–Kier alpha value is -2.52. The van der Waals surface area contributed by atoms with Crippen LogP contribution < -0.4 is 14.8 Å². The summed E-state index contributed by atoms with van der Waals surface area (Å²) in [4.78, 5) is 12.7. The van der Waals surface area contributed by atoms with Crippen LogP contribution in [0.3, 0.4) is 0 Å². The molecular weight excluding hydrogens is 516 g/mol. The quantitative estimate of drug-likeness (QED) is 0.305. The summed E-state index contributed by atoms with van der Waals surface area (Å²) in [5, 5.41) is 12.5. The Labute approximate surface area is 213 Å². The van der Waals surface area contributed by atoms with Gasteiger partial charge in [-0.05, 0) is 62.1 Å². The van der Waals surface area contributed by atoms with Crippen LogP contribution in [-0.2, 0) is 11.3 Å². The van der Waals surface area contributed by atoms with E-state index in [1.54, 1.807) is 7.11 Å². The fourth-order valence-corrected chi connectivity index (χ4v) is 4.63. The van der Waals surface area contributed by atoms with Crippen molar-refractivity contribution in [1.82, 2.24) is 14.8 Å². The SMILES string of the molecule is COc1ccccc1OC(C)c1nnc(SCC(=O)Nc2ccc(Br)c(C)c2C)n1CC(C)C. The lowest BCUT2D eigenvalue weighted by atomic mass is 10.1. The summed E-state index contributed by atoms with van der Waals surface area (Å²) in [5.74, 6) is 2.52. The first-order valence-electron chi connectivity index (χ1n) is 11.1. The van der Waals surface area contributed by atoms with Crippen LogP contribution in [0.1, 0.15) is 43.8 Å². The number of thioether (sulfide) groups is 1. The number of ether oxygens (including phenoxy) is 2. The predicted molar refractivity (Wildman–Crippen MR) is 140 cm³/mol. The normalized spacial score (nSPS) is 12.0. The van der Waals surface area contributed by atoms with Crippen molar-refractivity contribution in [2.75, 3.05) is 18.2 Å². The van der Waals surface area contributed by atoms with E-state index in [2.05, 4.69) is 45.3 Å². The minimum absolute atomic E-state index is 0.0891. The van der Waals surface area contributed by atoms with Gasteiger partial charge in [0.2, 0.25) is 5.91 Å². The Morgan fingerprint density at radius 2 is 1.79 bits per heavy atom. The van der Waals surface area contributed by atoms with Gasteiger partial charge in [-0.25, -0.2) is 0 Å². The molecule has 182 valence electrons. The van der Waals surface area contributed by atoms with Gasteiger partial charge in [0.15, 0.2) is 28.6 Å². The predicted octanol–water partition coefficient (Wildman–Crippen LogP) is 6.19. The number of benzene rings is 2. The van der Waals surface area contributed by atoms with E-state index >= 15 is 0 Å². The molecule has 1 atom stereocenters. The minimum Gasteiger partial charge on any atom is -0.493 e. The van der Waals surface area contributed by atoms with E-state index in [0.29, 0.717) is 28.4 Å². The molecule has 0 bridgehead atoms. The molecule has 0 aliphatic heterocycles. The maximum atomic E-state index is 12.7. The van der Waals surface area contributed by atoms with Crippen LogP contribution in [0.4, 0.5) is 5.69 Å². The minimum atomic E-state index is -0.348. The molecule has 3 rings (SSSR count). The highest BCUT2D eigenvalue weighted by atomic mass is 79.9. The molecule has 1 heterocycles. The van der Waals surface area contributed by atoms with E-state index in [9.17, 15) is 4.79 Å². The zero-order valence-electron chi connectivity index (χ0n) is 20.4. The molecule has 3 aromatic rings. The highest BCUT2D eigenvalue weighted by Crippen LogP contribution is 2.32. The van der Waals surface area contributed by atoms with Crippen LogP contribution in [-0.4, -0.2) is 33.5 Å². The topological polar surface area (TPSA) is 78.3 Å². The van der Waals surface area contributed by atoms with Gasteiger partial charge in [0.1, 0.15) is 0 Å². The number of nitrogens with one attached hydrogen (secondary N) is 1. The molecule has 1 unspecified atom stereocenters. The average molecular weight is 548 g/mol. The molecule has 0 aliphatic carbocycles.